The van der Waals surface area contributed by atoms with Crippen LogP contribution in [0.2, 0.25) is 0 Å². The molecule has 106 valence electrons. The maximum atomic E-state index is 12.8. The molecule has 4 N–H and O–H groups in total. The van der Waals surface area contributed by atoms with E-state index in [0.29, 0.717) is 6.07 Å². The molecule has 0 radical (unpaired) electrons. The molecule has 0 fully saturated rings. The summed E-state index contributed by atoms with van der Waals surface area (Å²) in [5, 5.41) is 10.9. The van der Waals surface area contributed by atoms with Gasteiger partial charge < -0.3 is 10.9 Å². The summed E-state index contributed by atoms with van der Waals surface area (Å²) in [6.07, 6.45) is -3.97. The summed E-state index contributed by atoms with van der Waals surface area (Å²) in [7, 11) is -3.71. The van der Waals surface area contributed by atoms with Crippen molar-refractivity contribution in [1.82, 2.24) is 0 Å². The Balaban J connectivity index is 3.40. The van der Waals surface area contributed by atoms with Crippen LogP contribution >= 0.6 is 0 Å². The summed E-state index contributed by atoms with van der Waals surface area (Å²) >= 11 is 0. The number of halogens is 3. The van der Waals surface area contributed by atoms with E-state index in [1.807, 2.05) is 4.72 Å². The van der Waals surface area contributed by atoms with Crippen LogP contribution in [0.1, 0.15) is 11.1 Å². The first kappa shape index (κ1) is 15.1. The van der Waals surface area contributed by atoms with Crippen molar-refractivity contribution < 1.29 is 26.8 Å². The van der Waals surface area contributed by atoms with Crippen LogP contribution in [0.3, 0.4) is 0 Å². The standard InChI is InChI=1S/C9H10F3N3O3S/c1-19(17,18)15-5-2-3-6(8(13)14-16)7(4-5)9(10,11)12/h2-4,15-16H,1H3,(H2,13,14). The van der Waals surface area contributed by atoms with Crippen LogP contribution < -0.4 is 10.5 Å². The molecular formula is C9H10F3N3O3S. The Kier molecular flexibility index (Phi) is 3.94. The molecule has 1 aromatic rings. The quantitative estimate of drug-likeness (QED) is 0.337. The van der Waals surface area contributed by atoms with Crippen LogP contribution in [0.5, 0.6) is 0 Å². The van der Waals surface area contributed by atoms with Gasteiger partial charge in [-0.3, -0.25) is 4.72 Å². The van der Waals surface area contributed by atoms with Gasteiger partial charge in [-0.25, -0.2) is 8.42 Å². The number of nitrogens with zero attached hydrogens (tertiary/aromatic N) is 1. The van der Waals surface area contributed by atoms with E-state index in [4.69, 9.17) is 10.9 Å². The van der Waals surface area contributed by atoms with Crippen molar-refractivity contribution in [3.8, 4) is 0 Å². The van der Waals surface area contributed by atoms with E-state index in [1.54, 1.807) is 0 Å². The van der Waals surface area contributed by atoms with E-state index in [-0.39, 0.29) is 5.69 Å². The van der Waals surface area contributed by atoms with Gasteiger partial charge in [0.15, 0.2) is 5.84 Å². The molecule has 0 saturated carbocycles. The predicted octanol–water partition coefficient (Wildman–Crippen LogP) is 1.17. The van der Waals surface area contributed by atoms with Crippen LogP contribution in [-0.2, 0) is 16.2 Å². The molecule has 1 rings (SSSR count). The molecule has 0 heterocycles. The first-order valence-electron chi connectivity index (χ1n) is 4.71. The SMILES string of the molecule is CS(=O)(=O)Nc1ccc(C(N)=NO)c(C(F)(F)F)c1. The molecule has 0 aliphatic carbocycles. The van der Waals surface area contributed by atoms with Crippen molar-refractivity contribution in [3.05, 3.63) is 29.3 Å². The molecule has 0 aliphatic rings. The van der Waals surface area contributed by atoms with Crippen molar-refractivity contribution >= 4 is 21.5 Å². The number of nitrogens with two attached hydrogens (primary N) is 1. The highest BCUT2D eigenvalue weighted by molar-refractivity contribution is 7.92. The van der Waals surface area contributed by atoms with Gasteiger partial charge in [-0.2, -0.15) is 13.2 Å². The van der Waals surface area contributed by atoms with Gasteiger partial charge in [0, 0.05) is 11.3 Å². The topological polar surface area (TPSA) is 105 Å². The molecule has 6 nitrogen and oxygen atoms in total. The summed E-state index contributed by atoms with van der Waals surface area (Å²) in [6.45, 7) is 0. The second kappa shape index (κ2) is 4.96. The lowest BCUT2D eigenvalue weighted by atomic mass is 10.1. The number of alkyl halides is 3. The Labute approximate surface area is 106 Å². The van der Waals surface area contributed by atoms with Gasteiger partial charge in [0.1, 0.15) is 0 Å². The second-order valence-corrected chi connectivity index (χ2v) is 5.37. The van der Waals surface area contributed by atoms with E-state index in [0.717, 1.165) is 18.4 Å². The third kappa shape index (κ3) is 4.02. The van der Waals surface area contributed by atoms with E-state index in [2.05, 4.69) is 5.16 Å². The molecular weight excluding hydrogens is 287 g/mol. The lowest BCUT2D eigenvalue weighted by Gasteiger charge is -2.14. The number of amidine groups is 1. The highest BCUT2D eigenvalue weighted by Gasteiger charge is 2.34. The predicted molar refractivity (Wildman–Crippen MR) is 62.4 cm³/mol. The number of benzene rings is 1. The first-order valence-corrected chi connectivity index (χ1v) is 6.60. The van der Waals surface area contributed by atoms with Crippen LogP contribution in [0.4, 0.5) is 18.9 Å². The van der Waals surface area contributed by atoms with Gasteiger partial charge in [-0.15, -0.1) is 0 Å². The summed E-state index contributed by atoms with van der Waals surface area (Å²) in [4.78, 5) is 0. The average Bonchev–Trinajstić information content (AvgIpc) is 2.24. The number of anilines is 1. The van der Waals surface area contributed by atoms with Crippen molar-refractivity contribution in [2.75, 3.05) is 11.0 Å². The highest BCUT2D eigenvalue weighted by atomic mass is 32.2. The minimum absolute atomic E-state index is 0.274. The van der Waals surface area contributed by atoms with E-state index in [1.165, 1.54) is 0 Å². The lowest BCUT2D eigenvalue weighted by molar-refractivity contribution is -0.137. The number of nitrogens with one attached hydrogen (secondary N) is 1. The van der Waals surface area contributed by atoms with Crippen molar-refractivity contribution in [2.24, 2.45) is 10.9 Å². The van der Waals surface area contributed by atoms with Gasteiger partial charge >= 0.3 is 6.18 Å². The minimum atomic E-state index is -4.78. The number of hydrogen-bond donors (Lipinski definition) is 3. The van der Waals surface area contributed by atoms with Gasteiger partial charge in [0.2, 0.25) is 10.0 Å². The number of oxime groups is 1. The van der Waals surface area contributed by atoms with Crippen molar-refractivity contribution in [1.29, 1.82) is 0 Å². The van der Waals surface area contributed by atoms with E-state index in [9.17, 15) is 21.6 Å². The summed E-state index contributed by atoms with van der Waals surface area (Å²) in [5.41, 5.74) is 3.10. The lowest BCUT2D eigenvalue weighted by Crippen LogP contribution is -2.20. The zero-order chi connectivity index (χ0) is 14.8. The average molecular weight is 297 g/mol. The van der Waals surface area contributed by atoms with E-state index >= 15 is 0 Å². The molecule has 0 spiro atoms. The Morgan fingerprint density at radius 2 is 2.00 bits per heavy atom. The Morgan fingerprint density at radius 1 is 1.42 bits per heavy atom. The molecule has 0 bridgehead atoms. The molecule has 0 atom stereocenters. The minimum Gasteiger partial charge on any atom is -0.409 e. The zero-order valence-corrected chi connectivity index (χ0v) is 10.4. The number of hydrogen-bond acceptors (Lipinski definition) is 4. The molecule has 0 saturated heterocycles. The number of sulfonamides is 1. The van der Waals surface area contributed by atoms with Gasteiger partial charge in [0.05, 0.1) is 11.8 Å². The van der Waals surface area contributed by atoms with Gasteiger partial charge in [-0.05, 0) is 18.2 Å². The molecule has 0 unspecified atom stereocenters. The fourth-order valence-electron chi connectivity index (χ4n) is 1.33. The van der Waals surface area contributed by atoms with Crippen molar-refractivity contribution in [3.63, 3.8) is 0 Å². The molecule has 1 aromatic carbocycles. The third-order valence-electron chi connectivity index (χ3n) is 2.01. The normalized spacial score (nSPS) is 13.4. The summed E-state index contributed by atoms with van der Waals surface area (Å²) < 4.78 is 62.2. The van der Waals surface area contributed by atoms with Gasteiger partial charge in [0.25, 0.3) is 0 Å². The van der Waals surface area contributed by atoms with Crippen LogP contribution in [-0.4, -0.2) is 25.7 Å². The maximum absolute atomic E-state index is 12.8. The highest BCUT2D eigenvalue weighted by Crippen LogP contribution is 2.33. The van der Waals surface area contributed by atoms with Crippen LogP contribution in [0.25, 0.3) is 0 Å². The zero-order valence-electron chi connectivity index (χ0n) is 9.56. The Bertz CT molecular complexity index is 611. The number of rotatable bonds is 3. The smallest absolute Gasteiger partial charge is 0.409 e. The van der Waals surface area contributed by atoms with Gasteiger partial charge in [-0.1, -0.05) is 5.16 Å². The molecule has 0 amide bonds. The maximum Gasteiger partial charge on any atom is 0.417 e. The van der Waals surface area contributed by atoms with E-state index < -0.39 is 33.2 Å². The Hall–Kier alpha value is -1.97. The fourth-order valence-corrected chi connectivity index (χ4v) is 1.89. The van der Waals surface area contributed by atoms with Crippen molar-refractivity contribution in [2.45, 2.75) is 6.18 Å². The molecule has 0 aromatic heterocycles. The second-order valence-electron chi connectivity index (χ2n) is 3.62. The first-order chi connectivity index (χ1) is 8.54. The summed E-state index contributed by atoms with van der Waals surface area (Å²) in [5.74, 6) is -0.724. The van der Waals surface area contributed by atoms with Crippen LogP contribution in [0.15, 0.2) is 23.4 Å². The van der Waals surface area contributed by atoms with Crippen LogP contribution in [0, 0.1) is 0 Å². The molecule has 0 aliphatic heterocycles. The molecule has 10 heteroatoms. The monoisotopic (exact) mass is 297 g/mol. The Morgan fingerprint density at radius 3 is 2.42 bits per heavy atom. The fraction of sp³-hybridized carbons (Fsp3) is 0.222. The summed E-state index contributed by atoms with van der Waals surface area (Å²) in [6, 6.07) is 2.55. The largest absolute Gasteiger partial charge is 0.417 e. The third-order valence-corrected chi connectivity index (χ3v) is 2.62. The molecule has 19 heavy (non-hydrogen) atoms.